The summed E-state index contributed by atoms with van der Waals surface area (Å²) in [7, 11) is 0. The lowest BCUT2D eigenvalue weighted by Gasteiger charge is -2.32. The number of nitrogens with one attached hydrogen (secondary N) is 1. The number of para-hydroxylation sites is 2. The Bertz CT molecular complexity index is 1460. The number of aromatic nitrogens is 2. The molecule has 4 aromatic rings. The fourth-order valence-electron chi connectivity index (χ4n) is 4.66. The van der Waals surface area contributed by atoms with Gasteiger partial charge in [-0.15, -0.1) is 0 Å². The van der Waals surface area contributed by atoms with E-state index in [0.29, 0.717) is 41.2 Å². The number of nitriles is 1. The van der Waals surface area contributed by atoms with E-state index in [4.69, 9.17) is 0 Å². The molecule has 5 rings (SSSR count). The predicted octanol–water partition coefficient (Wildman–Crippen LogP) is 5.47. The molecule has 2 aromatic heterocycles. The zero-order valence-electron chi connectivity index (χ0n) is 18.9. The van der Waals surface area contributed by atoms with Gasteiger partial charge in [0.1, 0.15) is 17.5 Å². The zero-order chi connectivity index (χ0) is 24.7. The van der Waals surface area contributed by atoms with Gasteiger partial charge in [-0.2, -0.15) is 18.4 Å². The number of fused-ring (bicyclic) bond motifs is 3. The molecule has 0 unspecified atom stereocenters. The number of alkyl halides is 3. The predicted molar refractivity (Wildman–Crippen MR) is 127 cm³/mol. The SMILES string of the molecule is CC(=O)N1CCC(Nc2cc(-c3ccc(C(F)(F)F)cc3)c(C#N)c3nc4ccccc4n23)CC1. The van der Waals surface area contributed by atoms with Crippen LogP contribution in [0.5, 0.6) is 0 Å². The van der Waals surface area contributed by atoms with Crippen LogP contribution >= 0.6 is 0 Å². The van der Waals surface area contributed by atoms with Crippen molar-refractivity contribution in [2.75, 3.05) is 18.4 Å². The Labute approximate surface area is 199 Å². The Morgan fingerprint density at radius 3 is 2.43 bits per heavy atom. The van der Waals surface area contributed by atoms with E-state index >= 15 is 0 Å². The minimum atomic E-state index is -4.44. The maximum absolute atomic E-state index is 13.1. The lowest BCUT2D eigenvalue weighted by Crippen LogP contribution is -2.41. The Balaban J connectivity index is 1.64. The van der Waals surface area contributed by atoms with Gasteiger partial charge in [0, 0.05) is 31.6 Å². The molecule has 0 spiro atoms. The fraction of sp³-hybridized carbons (Fsp3) is 0.269. The van der Waals surface area contributed by atoms with Crippen LogP contribution in [0.25, 0.3) is 27.8 Å². The van der Waals surface area contributed by atoms with Crippen molar-refractivity contribution in [3.05, 3.63) is 65.7 Å². The summed E-state index contributed by atoms with van der Waals surface area (Å²) in [6.07, 6.45) is -2.94. The number of piperidine rings is 1. The van der Waals surface area contributed by atoms with Crippen LogP contribution < -0.4 is 5.32 Å². The van der Waals surface area contributed by atoms with Crippen molar-refractivity contribution < 1.29 is 18.0 Å². The molecule has 0 aliphatic carbocycles. The number of hydrogen-bond donors (Lipinski definition) is 1. The summed E-state index contributed by atoms with van der Waals surface area (Å²) in [5.41, 5.74) is 2.52. The van der Waals surface area contributed by atoms with Gasteiger partial charge in [-0.3, -0.25) is 9.20 Å². The number of carbonyl (C=O) groups is 1. The summed E-state index contributed by atoms with van der Waals surface area (Å²) in [4.78, 5) is 18.2. The molecule has 3 heterocycles. The quantitative estimate of drug-likeness (QED) is 0.425. The summed E-state index contributed by atoms with van der Waals surface area (Å²) < 4.78 is 41.2. The number of hydrogen-bond acceptors (Lipinski definition) is 4. The van der Waals surface area contributed by atoms with Crippen molar-refractivity contribution in [3.63, 3.8) is 0 Å². The summed E-state index contributed by atoms with van der Waals surface area (Å²) in [5.74, 6) is 0.748. The van der Waals surface area contributed by atoms with Crippen molar-refractivity contribution >= 4 is 28.4 Å². The van der Waals surface area contributed by atoms with E-state index in [1.165, 1.54) is 12.1 Å². The average molecular weight is 477 g/mol. The van der Waals surface area contributed by atoms with E-state index < -0.39 is 11.7 Å². The topological polar surface area (TPSA) is 73.4 Å². The Morgan fingerprint density at radius 2 is 1.80 bits per heavy atom. The Morgan fingerprint density at radius 1 is 1.11 bits per heavy atom. The average Bonchev–Trinajstić information content (AvgIpc) is 3.23. The first-order chi connectivity index (χ1) is 16.8. The van der Waals surface area contributed by atoms with Crippen LogP contribution in [-0.2, 0) is 11.0 Å². The Hall–Kier alpha value is -4.06. The fourth-order valence-corrected chi connectivity index (χ4v) is 4.66. The van der Waals surface area contributed by atoms with Gasteiger partial charge >= 0.3 is 6.18 Å². The third-order valence-electron chi connectivity index (χ3n) is 6.50. The number of imidazole rings is 1. The number of halogens is 3. The number of amides is 1. The summed E-state index contributed by atoms with van der Waals surface area (Å²) in [6.45, 7) is 2.84. The standard InChI is InChI=1S/C26H22F3N5O/c1-16(35)33-12-10-19(11-13-33)31-24-14-20(17-6-8-18(9-7-17)26(27,28)29)21(15-30)25-32-22-4-2-3-5-23(22)34(24)25/h2-9,14,19,31H,10-13H2,1H3. The van der Waals surface area contributed by atoms with Crippen molar-refractivity contribution in [2.45, 2.75) is 32.0 Å². The van der Waals surface area contributed by atoms with Crippen LogP contribution in [0.15, 0.2) is 54.6 Å². The van der Waals surface area contributed by atoms with Crippen LogP contribution in [0.1, 0.15) is 30.9 Å². The Kier molecular flexibility index (Phi) is 5.59. The lowest BCUT2D eigenvalue weighted by molar-refractivity contribution is -0.137. The van der Waals surface area contributed by atoms with Crippen LogP contribution in [0.4, 0.5) is 19.0 Å². The van der Waals surface area contributed by atoms with Gasteiger partial charge < -0.3 is 10.2 Å². The van der Waals surface area contributed by atoms with Crippen molar-refractivity contribution in [1.82, 2.24) is 14.3 Å². The number of carbonyl (C=O) groups excluding carboxylic acids is 1. The molecule has 1 aliphatic rings. The van der Waals surface area contributed by atoms with Gasteiger partial charge in [-0.05, 0) is 48.7 Å². The zero-order valence-corrected chi connectivity index (χ0v) is 18.9. The molecule has 1 aliphatic heterocycles. The molecule has 1 saturated heterocycles. The first kappa shape index (κ1) is 22.7. The van der Waals surface area contributed by atoms with Gasteiger partial charge in [0.05, 0.1) is 16.6 Å². The molecule has 6 nitrogen and oxygen atoms in total. The highest BCUT2D eigenvalue weighted by atomic mass is 19.4. The molecule has 0 radical (unpaired) electrons. The van der Waals surface area contributed by atoms with Crippen LogP contribution in [-0.4, -0.2) is 39.3 Å². The molecule has 0 saturated carbocycles. The number of pyridine rings is 1. The molecule has 1 N–H and O–H groups in total. The second kappa shape index (κ2) is 8.62. The highest BCUT2D eigenvalue weighted by Crippen LogP contribution is 2.36. The molecule has 35 heavy (non-hydrogen) atoms. The molecule has 2 aromatic carbocycles. The summed E-state index contributed by atoms with van der Waals surface area (Å²) in [5, 5.41) is 13.6. The minimum absolute atomic E-state index is 0.0504. The first-order valence-corrected chi connectivity index (χ1v) is 11.3. The monoisotopic (exact) mass is 477 g/mol. The second-order valence-electron chi connectivity index (χ2n) is 8.69. The van der Waals surface area contributed by atoms with Gasteiger partial charge in [0.15, 0.2) is 5.65 Å². The summed E-state index contributed by atoms with van der Waals surface area (Å²) in [6, 6.07) is 16.4. The van der Waals surface area contributed by atoms with Gasteiger partial charge in [-0.1, -0.05) is 24.3 Å². The summed E-state index contributed by atoms with van der Waals surface area (Å²) >= 11 is 0. The molecule has 178 valence electrons. The highest BCUT2D eigenvalue weighted by molar-refractivity contribution is 5.89. The maximum Gasteiger partial charge on any atom is 0.416 e. The first-order valence-electron chi connectivity index (χ1n) is 11.3. The number of likely N-dealkylation sites (tertiary alicyclic amines) is 1. The third-order valence-corrected chi connectivity index (χ3v) is 6.50. The van der Waals surface area contributed by atoms with Crippen molar-refractivity contribution in [1.29, 1.82) is 5.26 Å². The lowest BCUT2D eigenvalue weighted by atomic mass is 9.99. The van der Waals surface area contributed by atoms with Crippen LogP contribution in [0.3, 0.4) is 0 Å². The maximum atomic E-state index is 13.1. The largest absolute Gasteiger partial charge is 0.416 e. The molecule has 0 bridgehead atoms. The molecular formula is C26H22F3N5O. The third kappa shape index (κ3) is 4.16. The van der Waals surface area contributed by atoms with Crippen molar-refractivity contribution in [3.8, 4) is 17.2 Å². The van der Waals surface area contributed by atoms with E-state index in [2.05, 4.69) is 16.4 Å². The van der Waals surface area contributed by atoms with Gasteiger partial charge in [0.2, 0.25) is 5.91 Å². The van der Waals surface area contributed by atoms with Crippen LogP contribution in [0.2, 0.25) is 0 Å². The molecule has 1 amide bonds. The van der Waals surface area contributed by atoms with E-state index in [0.717, 1.165) is 30.5 Å². The van der Waals surface area contributed by atoms with Crippen molar-refractivity contribution in [2.24, 2.45) is 0 Å². The number of anilines is 1. The second-order valence-corrected chi connectivity index (χ2v) is 8.69. The molecule has 9 heteroatoms. The smallest absolute Gasteiger partial charge is 0.368 e. The van der Waals surface area contributed by atoms with E-state index in [1.807, 2.05) is 33.6 Å². The normalized spacial score (nSPS) is 14.9. The van der Waals surface area contributed by atoms with Crippen LogP contribution in [0, 0.1) is 11.3 Å². The van der Waals surface area contributed by atoms with Gasteiger partial charge in [0.25, 0.3) is 0 Å². The highest BCUT2D eigenvalue weighted by Gasteiger charge is 2.30. The molecule has 1 fully saturated rings. The molecule has 0 atom stereocenters. The number of benzene rings is 2. The minimum Gasteiger partial charge on any atom is -0.368 e. The van der Waals surface area contributed by atoms with E-state index in [9.17, 15) is 23.2 Å². The molecular weight excluding hydrogens is 455 g/mol. The van der Waals surface area contributed by atoms with E-state index in [1.54, 1.807) is 13.0 Å². The number of rotatable bonds is 3. The number of nitrogens with zero attached hydrogens (tertiary/aromatic N) is 4. The van der Waals surface area contributed by atoms with Gasteiger partial charge in [-0.25, -0.2) is 4.98 Å². The van der Waals surface area contributed by atoms with E-state index in [-0.39, 0.29) is 17.5 Å².